The molecule has 3 aromatic rings. The van der Waals surface area contributed by atoms with Crippen molar-refractivity contribution in [3.63, 3.8) is 0 Å². The fourth-order valence-corrected chi connectivity index (χ4v) is 6.29. The second-order valence-electron chi connectivity index (χ2n) is 7.28. The van der Waals surface area contributed by atoms with Crippen molar-refractivity contribution >= 4 is 33.3 Å². The smallest absolute Gasteiger partial charge is 0.322 e. The van der Waals surface area contributed by atoms with Crippen molar-refractivity contribution in [1.82, 2.24) is 14.5 Å². The molecule has 1 N–H and O–H groups in total. The van der Waals surface area contributed by atoms with E-state index in [9.17, 15) is 13.2 Å². The molecule has 1 amide bonds. The third-order valence-corrected chi connectivity index (χ3v) is 8.37. The summed E-state index contributed by atoms with van der Waals surface area (Å²) in [6.07, 6.45) is 1.92. The third kappa shape index (κ3) is 4.03. The van der Waals surface area contributed by atoms with Crippen LogP contribution in [0.3, 0.4) is 0 Å². The molecule has 0 saturated carbocycles. The Morgan fingerprint density at radius 3 is 2.83 bits per heavy atom. The molecule has 10 heteroatoms. The van der Waals surface area contributed by atoms with E-state index in [1.165, 1.54) is 4.31 Å². The Morgan fingerprint density at radius 2 is 2.07 bits per heavy atom. The van der Waals surface area contributed by atoms with Gasteiger partial charge in [-0.2, -0.15) is 4.31 Å². The van der Waals surface area contributed by atoms with Crippen molar-refractivity contribution in [2.45, 2.75) is 43.4 Å². The van der Waals surface area contributed by atoms with Crippen LogP contribution in [0.1, 0.15) is 30.4 Å². The Kier molecular flexibility index (Phi) is 5.72. The summed E-state index contributed by atoms with van der Waals surface area (Å²) in [5, 5.41) is 12.3. The summed E-state index contributed by atoms with van der Waals surface area (Å²) in [5.41, 5.74) is 2.82. The van der Waals surface area contributed by atoms with Crippen LogP contribution in [0.2, 0.25) is 0 Å². The molecule has 1 aliphatic heterocycles. The third-order valence-electron chi connectivity index (χ3n) is 5.09. The Morgan fingerprint density at radius 1 is 1.23 bits per heavy atom. The molecule has 0 bridgehead atoms. The highest BCUT2D eigenvalue weighted by Crippen LogP contribution is 2.29. The predicted molar refractivity (Wildman–Crippen MR) is 114 cm³/mol. The van der Waals surface area contributed by atoms with Gasteiger partial charge < -0.3 is 4.42 Å². The number of anilines is 1. The molecule has 0 unspecified atom stereocenters. The molecular weight excluding hydrogens is 424 g/mol. The molecule has 0 radical (unpaired) electrons. The number of thiophene rings is 1. The Bertz CT molecular complexity index is 1160. The van der Waals surface area contributed by atoms with Gasteiger partial charge in [-0.1, -0.05) is 35.3 Å². The van der Waals surface area contributed by atoms with Crippen LogP contribution >= 0.6 is 11.3 Å². The molecule has 1 atom stereocenters. The van der Waals surface area contributed by atoms with Crippen molar-refractivity contribution in [2.24, 2.45) is 0 Å². The second kappa shape index (κ2) is 8.29. The fourth-order valence-electron chi connectivity index (χ4n) is 3.52. The molecular formula is C20H22N4O4S2. The van der Waals surface area contributed by atoms with E-state index in [-0.39, 0.29) is 10.2 Å². The lowest BCUT2D eigenvalue weighted by molar-refractivity contribution is -0.120. The van der Waals surface area contributed by atoms with Crippen LogP contribution in [-0.2, 0) is 14.8 Å². The predicted octanol–water partition coefficient (Wildman–Crippen LogP) is 3.60. The van der Waals surface area contributed by atoms with Crippen LogP contribution in [0.25, 0.3) is 11.5 Å². The lowest BCUT2D eigenvalue weighted by Gasteiger charge is -2.32. The fraction of sp³-hybridized carbons (Fsp3) is 0.350. The number of hydrogen-bond acceptors (Lipinski definition) is 7. The zero-order valence-corrected chi connectivity index (χ0v) is 18.3. The lowest BCUT2D eigenvalue weighted by atomic mass is 10.0. The maximum atomic E-state index is 13.0. The summed E-state index contributed by atoms with van der Waals surface area (Å²) in [6.45, 7) is 4.20. The van der Waals surface area contributed by atoms with Crippen molar-refractivity contribution < 1.29 is 17.6 Å². The zero-order valence-electron chi connectivity index (χ0n) is 16.7. The molecule has 4 rings (SSSR count). The number of nitrogens with zero attached hydrogens (tertiary/aromatic N) is 3. The van der Waals surface area contributed by atoms with Gasteiger partial charge in [0.1, 0.15) is 10.3 Å². The largest absolute Gasteiger partial charge is 0.403 e. The molecule has 1 saturated heterocycles. The number of hydrogen-bond donors (Lipinski definition) is 1. The average molecular weight is 447 g/mol. The monoisotopic (exact) mass is 446 g/mol. The van der Waals surface area contributed by atoms with Gasteiger partial charge in [-0.3, -0.25) is 10.1 Å². The van der Waals surface area contributed by atoms with Gasteiger partial charge in [0.2, 0.25) is 11.8 Å². The topological polar surface area (TPSA) is 105 Å². The number of aromatic nitrogens is 2. The molecule has 0 aliphatic carbocycles. The zero-order chi connectivity index (χ0) is 21.3. The molecule has 3 heterocycles. The summed E-state index contributed by atoms with van der Waals surface area (Å²) in [5.74, 6) is -0.163. The second-order valence-corrected chi connectivity index (χ2v) is 10.3. The number of amides is 1. The van der Waals surface area contributed by atoms with Gasteiger partial charge in [-0.05, 0) is 49.8 Å². The highest BCUT2D eigenvalue weighted by molar-refractivity contribution is 7.91. The molecule has 8 nitrogen and oxygen atoms in total. The minimum absolute atomic E-state index is 0.0463. The summed E-state index contributed by atoms with van der Waals surface area (Å²) < 4.78 is 33.1. The normalized spacial score (nSPS) is 17.7. The highest BCUT2D eigenvalue weighted by Gasteiger charge is 2.38. The van der Waals surface area contributed by atoms with E-state index in [1.54, 1.807) is 17.5 Å². The molecule has 0 spiro atoms. The van der Waals surface area contributed by atoms with Gasteiger partial charge in [-0.15, -0.1) is 16.4 Å². The van der Waals surface area contributed by atoms with Crippen LogP contribution in [0, 0.1) is 13.8 Å². The van der Waals surface area contributed by atoms with Gasteiger partial charge in [0.15, 0.2) is 0 Å². The first-order valence-corrected chi connectivity index (χ1v) is 12.0. The summed E-state index contributed by atoms with van der Waals surface area (Å²) >= 11 is 1.14. The molecule has 2 aromatic heterocycles. The standard InChI is InChI=1S/C20H22N4O4S2/c1-13-8-9-14(2)15(12-13)19-22-23-20(28-19)21-18(25)16-6-3-4-10-24(16)30(26,27)17-7-5-11-29-17/h5,7-9,11-12,16H,3-4,6,10H2,1-2H3,(H,21,23,25)/t16-/m1/s1. The van der Waals surface area contributed by atoms with Gasteiger partial charge in [0.25, 0.3) is 10.0 Å². The summed E-state index contributed by atoms with van der Waals surface area (Å²) in [4.78, 5) is 12.9. The number of carbonyl (C=O) groups is 1. The summed E-state index contributed by atoms with van der Waals surface area (Å²) in [6, 6.07) is 8.26. The van der Waals surface area contributed by atoms with Crippen LogP contribution < -0.4 is 5.32 Å². The van der Waals surface area contributed by atoms with Crippen LogP contribution in [-0.4, -0.2) is 41.4 Å². The number of benzene rings is 1. The summed E-state index contributed by atoms with van der Waals surface area (Å²) in [7, 11) is -3.73. The average Bonchev–Trinajstić information content (AvgIpc) is 3.42. The Hall–Kier alpha value is -2.56. The number of rotatable bonds is 5. The van der Waals surface area contributed by atoms with Crippen LogP contribution in [0.15, 0.2) is 44.3 Å². The number of carbonyl (C=O) groups excluding carboxylic acids is 1. The first-order valence-electron chi connectivity index (χ1n) is 9.63. The Labute approximate surface area is 179 Å². The van der Waals surface area contributed by atoms with Gasteiger partial charge in [0.05, 0.1) is 0 Å². The van der Waals surface area contributed by atoms with E-state index in [0.717, 1.165) is 34.4 Å². The molecule has 1 aliphatic rings. The van der Waals surface area contributed by atoms with E-state index < -0.39 is 22.0 Å². The molecule has 158 valence electrons. The van der Waals surface area contributed by atoms with Gasteiger partial charge in [-0.25, -0.2) is 8.42 Å². The number of nitrogens with one attached hydrogen (secondary N) is 1. The van der Waals surface area contributed by atoms with Crippen molar-refractivity contribution in [3.8, 4) is 11.5 Å². The van der Waals surface area contributed by atoms with Crippen molar-refractivity contribution in [3.05, 3.63) is 46.8 Å². The molecule has 1 fully saturated rings. The lowest BCUT2D eigenvalue weighted by Crippen LogP contribution is -2.49. The SMILES string of the molecule is Cc1ccc(C)c(-c2nnc(NC(=O)[C@H]3CCCCN3S(=O)(=O)c3cccs3)o2)c1. The van der Waals surface area contributed by atoms with Crippen molar-refractivity contribution in [2.75, 3.05) is 11.9 Å². The number of aryl methyl sites for hydroxylation is 2. The van der Waals surface area contributed by atoms with Gasteiger partial charge in [0, 0.05) is 12.1 Å². The molecule has 1 aromatic carbocycles. The van der Waals surface area contributed by atoms with Crippen LogP contribution in [0.4, 0.5) is 6.01 Å². The quantitative estimate of drug-likeness (QED) is 0.642. The first kappa shape index (κ1) is 20.7. The van der Waals surface area contributed by atoms with E-state index in [4.69, 9.17) is 4.42 Å². The van der Waals surface area contributed by atoms with Crippen LogP contribution in [0.5, 0.6) is 0 Å². The molecule has 30 heavy (non-hydrogen) atoms. The Balaban J connectivity index is 1.54. The number of piperidine rings is 1. The van der Waals surface area contributed by atoms with E-state index in [1.807, 2.05) is 32.0 Å². The minimum atomic E-state index is -3.73. The maximum Gasteiger partial charge on any atom is 0.322 e. The first-order chi connectivity index (χ1) is 14.4. The number of sulfonamides is 1. The van der Waals surface area contributed by atoms with Crippen molar-refractivity contribution in [1.29, 1.82) is 0 Å². The van der Waals surface area contributed by atoms with E-state index in [0.29, 0.717) is 25.3 Å². The minimum Gasteiger partial charge on any atom is -0.403 e. The van der Waals surface area contributed by atoms with E-state index >= 15 is 0 Å². The highest BCUT2D eigenvalue weighted by atomic mass is 32.2. The maximum absolute atomic E-state index is 13.0. The van der Waals surface area contributed by atoms with Gasteiger partial charge >= 0.3 is 6.01 Å². The van der Waals surface area contributed by atoms with E-state index in [2.05, 4.69) is 15.5 Å².